The highest BCUT2D eigenvalue weighted by Crippen LogP contribution is 2.02. The summed E-state index contributed by atoms with van der Waals surface area (Å²) >= 11 is 0. The molecule has 1 aromatic heterocycles. The Morgan fingerprint density at radius 2 is 2.27 bits per heavy atom. The lowest BCUT2D eigenvalue weighted by Crippen LogP contribution is -2.10. The normalized spacial score (nSPS) is 14.0. The molecule has 0 aliphatic heterocycles. The largest absolute Gasteiger partial charge is 0.307 e. The number of hydrogen-bond donors (Lipinski definition) is 1. The van der Waals surface area contributed by atoms with Crippen molar-refractivity contribution in [3.05, 3.63) is 6.33 Å². The standard InChI is InChI=1S/C6H11N3O4S2/c1-14(10)6-8-7-5-9(6)3-2-4-15(11,12)13/h5H,2-4H2,1H3,(H,11,12,13). The number of aromatic nitrogens is 3. The molecule has 0 aromatic carbocycles. The Morgan fingerprint density at radius 3 is 2.80 bits per heavy atom. The van der Waals surface area contributed by atoms with Crippen molar-refractivity contribution in [2.24, 2.45) is 0 Å². The maximum atomic E-state index is 11.1. The number of nitrogens with zero attached hydrogens (tertiary/aromatic N) is 3. The average Bonchev–Trinajstić information content (AvgIpc) is 2.49. The molecular weight excluding hydrogens is 242 g/mol. The fourth-order valence-electron chi connectivity index (χ4n) is 1.04. The van der Waals surface area contributed by atoms with Crippen LogP contribution in [0.5, 0.6) is 0 Å². The zero-order valence-corrected chi connectivity index (χ0v) is 9.66. The molecule has 0 bridgehead atoms. The number of rotatable bonds is 5. The Labute approximate surface area is 89.7 Å². The van der Waals surface area contributed by atoms with E-state index in [2.05, 4.69) is 10.2 Å². The molecule has 7 nitrogen and oxygen atoms in total. The van der Waals surface area contributed by atoms with Gasteiger partial charge in [0.1, 0.15) is 6.33 Å². The molecular formula is C6H11N3O4S2. The molecule has 1 aromatic rings. The third-order valence-electron chi connectivity index (χ3n) is 1.64. The summed E-state index contributed by atoms with van der Waals surface area (Å²) in [5, 5.41) is 7.49. The van der Waals surface area contributed by atoms with Crippen molar-refractivity contribution in [1.82, 2.24) is 14.8 Å². The van der Waals surface area contributed by atoms with Crippen molar-refractivity contribution in [2.75, 3.05) is 12.0 Å². The van der Waals surface area contributed by atoms with Crippen LogP contribution < -0.4 is 0 Å². The summed E-state index contributed by atoms with van der Waals surface area (Å²) in [6.07, 6.45) is 3.06. The molecule has 0 saturated carbocycles. The van der Waals surface area contributed by atoms with Gasteiger partial charge in [0.2, 0.25) is 5.16 Å². The summed E-state index contributed by atoms with van der Waals surface area (Å²) in [6, 6.07) is 0. The first-order valence-corrected chi connectivity index (χ1v) is 7.23. The first-order valence-electron chi connectivity index (χ1n) is 4.06. The molecule has 1 unspecified atom stereocenters. The van der Waals surface area contributed by atoms with Gasteiger partial charge in [-0.1, -0.05) is 0 Å². The molecule has 1 rings (SSSR count). The van der Waals surface area contributed by atoms with E-state index in [1.165, 1.54) is 17.2 Å². The van der Waals surface area contributed by atoms with E-state index in [9.17, 15) is 12.6 Å². The SMILES string of the molecule is CS(=O)c1nncn1CCCS(=O)(=O)O. The van der Waals surface area contributed by atoms with Crippen molar-refractivity contribution in [1.29, 1.82) is 0 Å². The lowest BCUT2D eigenvalue weighted by Gasteiger charge is -2.02. The van der Waals surface area contributed by atoms with Crippen LogP contribution in [0.3, 0.4) is 0 Å². The summed E-state index contributed by atoms with van der Waals surface area (Å²) in [5.74, 6) is -0.332. The maximum absolute atomic E-state index is 11.1. The molecule has 0 fully saturated rings. The smallest absolute Gasteiger partial charge is 0.264 e. The van der Waals surface area contributed by atoms with E-state index < -0.39 is 20.9 Å². The highest BCUT2D eigenvalue weighted by Gasteiger charge is 2.09. The molecule has 15 heavy (non-hydrogen) atoms. The molecule has 0 aliphatic carbocycles. The van der Waals surface area contributed by atoms with Gasteiger partial charge in [0, 0.05) is 12.8 Å². The van der Waals surface area contributed by atoms with Crippen LogP contribution in [0.25, 0.3) is 0 Å². The minimum atomic E-state index is -3.94. The van der Waals surface area contributed by atoms with Crippen LogP contribution in [-0.4, -0.2) is 44.0 Å². The van der Waals surface area contributed by atoms with Gasteiger partial charge in [0.25, 0.3) is 10.1 Å². The van der Waals surface area contributed by atoms with Crippen molar-refractivity contribution in [3.63, 3.8) is 0 Å². The van der Waals surface area contributed by atoms with Crippen molar-refractivity contribution in [2.45, 2.75) is 18.1 Å². The highest BCUT2D eigenvalue weighted by atomic mass is 32.2. The Kier molecular flexibility index (Phi) is 3.94. The molecule has 0 amide bonds. The van der Waals surface area contributed by atoms with Crippen LogP contribution in [0.1, 0.15) is 6.42 Å². The van der Waals surface area contributed by atoms with Crippen molar-refractivity contribution in [3.8, 4) is 0 Å². The van der Waals surface area contributed by atoms with Gasteiger partial charge < -0.3 is 4.57 Å². The molecule has 9 heteroatoms. The molecule has 0 spiro atoms. The molecule has 0 radical (unpaired) electrons. The average molecular weight is 253 g/mol. The minimum Gasteiger partial charge on any atom is -0.307 e. The van der Waals surface area contributed by atoms with Gasteiger partial charge in [0.05, 0.1) is 16.6 Å². The Bertz CT molecular complexity index is 453. The second-order valence-corrected chi connectivity index (χ2v) is 5.75. The van der Waals surface area contributed by atoms with Gasteiger partial charge in [-0.15, -0.1) is 10.2 Å². The zero-order valence-electron chi connectivity index (χ0n) is 8.03. The van der Waals surface area contributed by atoms with E-state index in [4.69, 9.17) is 4.55 Å². The Hall–Kier alpha value is -0.800. The molecule has 0 saturated heterocycles. The second-order valence-electron chi connectivity index (χ2n) is 2.90. The topological polar surface area (TPSA) is 102 Å². The van der Waals surface area contributed by atoms with E-state index >= 15 is 0 Å². The van der Waals surface area contributed by atoms with E-state index in [1.54, 1.807) is 0 Å². The molecule has 86 valence electrons. The number of hydrogen-bond acceptors (Lipinski definition) is 5. The van der Waals surface area contributed by atoms with Gasteiger partial charge in [-0.25, -0.2) is 0 Å². The van der Waals surface area contributed by atoms with Gasteiger partial charge in [-0.05, 0) is 6.42 Å². The molecule has 1 atom stereocenters. The van der Waals surface area contributed by atoms with Crippen molar-refractivity contribution >= 4 is 20.9 Å². The summed E-state index contributed by atoms with van der Waals surface area (Å²) in [7, 11) is -5.20. The van der Waals surface area contributed by atoms with E-state index in [0.29, 0.717) is 11.7 Å². The van der Waals surface area contributed by atoms with Crippen LogP contribution in [0.4, 0.5) is 0 Å². The maximum Gasteiger partial charge on any atom is 0.264 e. The van der Waals surface area contributed by atoms with Crippen LogP contribution in [-0.2, 0) is 27.5 Å². The minimum absolute atomic E-state index is 0.223. The van der Waals surface area contributed by atoms with Gasteiger partial charge >= 0.3 is 0 Å². The van der Waals surface area contributed by atoms with Crippen molar-refractivity contribution < 1.29 is 17.2 Å². The van der Waals surface area contributed by atoms with Crippen LogP contribution in [0.2, 0.25) is 0 Å². The van der Waals surface area contributed by atoms with Gasteiger partial charge in [0.15, 0.2) is 0 Å². The third kappa shape index (κ3) is 4.06. The van der Waals surface area contributed by atoms with E-state index in [1.807, 2.05) is 0 Å². The van der Waals surface area contributed by atoms with Gasteiger partial charge in [-0.2, -0.15) is 8.42 Å². The quantitative estimate of drug-likeness (QED) is 0.696. The predicted octanol–water partition coefficient (Wildman–Crippen LogP) is -0.707. The summed E-state index contributed by atoms with van der Waals surface area (Å²) < 4.78 is 42.0. The van der Waals surface area contributed by atoms with Crippen LogP contribution in [0, 0.1) is 0 Å². The van der Waals surface area contributed by atoms with E-state index in [0.717, 1.165) is 0 Å². The Balaban J connectivity index is 2.58. The lowest BCUT2D eigenvalue weighted by molar-refractivity contribution is 0.477. The monoisotopic (exact) mass is 253 g/mol. The third-order valence-corrected chi connectivity index (χ3v) is 3.27. The van der Waals surface area contributed by atoms with E-state index in [-0.39, 0.29) is 12.2 Å². The zero-order chi connectivity index (χ0) is 11.5. The van der Waals surface area contributed by atoms with Crippen LogP contribution >= 0.6 is 0 Å². The van der Waals surface area contributed by atoms with Crippen LogP contribution in [0.15, 0.2) is 11.5 Å². The first-order chi connectivity index (χ1) is 6.90. The predicted molar refractivity (Wildman–Crippen MR) is 53.4 cm³/mol. The summed E-state index contributed by atoms with van der Waals surface area (Å²) in [4.78, 5) is 0. The molecule has 1 N–H and O–H groups in total. The molecule has 1 heterocycles. The first kappa shape index (κ1) is 12.3. The molecule has 0 aliphatic rings. The van der Waals surface area contributed by atoms with Gasteiger partial charge in [-0.3, -0.25) is 8.76 Å². The number of aryl methyl sites for hydroxylation is 1. The fourth-order valence-corrected chi connectivity index (χ4v) is 2.16. The summed E-state index contributed by atoms with van der Waals surface area (Å²) in [5.41, 5.74) is 0. The Morgan fingerprint density at radius 1 is 1.60 bits per heavy atom. The second kappa shape index (κ2) is 4.81. The fraction of sp³-hybridized carbons (Fsp3) is 0.667. The lowest BCUT2D eigenvalue weighted by atomic mass is 10.5. The summed E-state index contributed by atoms with van der Waals surface area (Å²) in [6.45, 7) is 0.307. The highest BCUT2D eigenvalue weighted by molar-refractivity contribution is 7.85.